The van der Waals surface area contributed by atoms with E-state index >= 15 is 0 Å². The summed E-state index contributed by atoms with van der Waals surface area (Å²) in [5.41, 5.74) is 2.89. The number of urea groups is 1. The van der Waals surface area contributed by atoms with Crippen LogP contribution in [0.15, 0.2) is 78.0 Å². The van der Waals surface area contributed by atoms with Gasteiger partial charge in [-0.3, -0.25) is 4.79 Å². The van der Waals surface area contributed by atoms with Crippen LogP contribution in [-0.4, -0.2) is 18.9 Å². The number of rotatable bonds is 7. The molecule has 2 amide bonds. The minimum atomic E-state index is -0.677. The first-order valence-electron chi connectivity index (χ1n) is 10.5. The third-order valence-electron chi connectivity index (χ3n) is 5.48. The SMILES string of the molecule is COc1cc(C2NC(=O)NC(C)=C2C(=O)c2ccc(Cl)cc2)ccc1OCc1ccccc1Cl. The van der Waals surface area contributed by atoms with Gasteiger partial charge in [0.25, 0.3) is 0 Å². The molecule has 0 radical (unpaired) electrons. The summed E-state index contributed by atoms with van der Waals surface area (Å²) in [5, 5.41) is 6.68. The fourth-order valence-corrected chi connectivity index (χ4v) is 4.07. The second-order valence-corrected chi connectivity index (χ2v) is 8.54. The van der Waals surface area contributed by atoms with Crippen LogP contribution >= 0.6 is 23.2 Å². The zero-order valence-electron chi connectivity index (χ0n) is 18.5. The van der Waals surface area contributed by atoms with Crippen LogP contribution in [-0.2, 0) is 6.61 Å². The Balaban J connectivity index is 1.65. The van der Waals surface area contributed by atoms with Crippen molar-refractivity contribution in [1.29, 1.82) is 0 Å². The molecule has 1 heterocycles. The van der Waals surface area contributed by atoms with Crippen molar-refractivity contribution in [2.45, 2.75) is 19.6 Å². The van der Waals surface area contributed by atoms with Gasteiger partial charge >= 0.3 is 6.03 Å². The quantitative estimate of drug-likeness (QED) is 0.388. The Bertz CT molecular complexity index is 1270. The Kier molecular flexibility index (Phi) is 7.10. The predicted octanol–water partition coefficient (Wildman–Crippen LogP) is 6.09. The van der Waals surface area contributed by atoms with Crippen LogP contribution in [0.3, 0.4) is 0 Å². The summed E-state index contributed by atoms with van der Waals surface area (Å²) < 4.78 is 11.5. The number of allylic oxidation sites excluding steroid dienone is 1. The molecule has 0 bridgehead atoms. The summed E-state index contributed by atoms with van der Waals surface area (Å²) in [6.45, 7) is 1.96. The first kappa shape index (κ1) is 23.7. The number of ketones is 1. The summed E-state index contributed by atoms with van der Waals surface area (Å²) in [6.07, 6.45) is 0. The van der Waals surface area contributed by atoms with Crippen molar-refractivity contribution >= 4 is 35.0 Å². The lowest BCUT2D eigenvalue weighted by molar-refractivity contribution is 0.102. The summed E-state index contributed by atoms with van der Waals surface area (Å²) in [4.78, 5) is 25.6. The number of hydrogen-bond acceptors (Lipinski definition) is 4. The Labute approximate surface area is 207 Å². The molecule has 1 aliphatic rings. The average molecular weight is 497 g/mol. The van der Waals surface area contributed by atoms with Gasteiger partial charge in [-0.05, 0) is 55.0 Å². The molecule has 3 aromatic rings. The van der Waals surface area contributed by atoms with E-state index in [-0.39, 0.29) is 12.4 Å². The predicted molar refractivity (Wildman–Crippen MR) is 132 cm³/mol. The Morgan fingerprint density at radius 2 is 1.74 bits per heavy atom. The molecule has 1 aliphatic heterocycles. The molecular weight excluding hydrogens is 475 g/mol. The molecule has 4 rings (SSSR count). The largest absolute Gasteiger partial charge is 0.493 e. The van der Waals surface area contributed by atoms with E-state index in [1.807, 2.05) is 18.2 Å². The van der Waals surface area contributed by atoms with E-state index in [4.69, 9.17) is 32.7 Å². The van der Waals surface area contributed by atoms with Gasteiger partial charge in [-0.2, -0.15) is 0 Å². The third-order valence-corrected chi connectivity index (χ3v) is 6.10. The maximum absolute atomic E-state index is 13.4. The highest BCUT2D eigenvalue weighted by Crippen LogP contribution is 2.36. The molecule has 2 N–H and O–H groups in total. The standard InChI is InChI=1S/C26H22Cl2N2O4/c1-15-23(25(31)16-7-10-19(27)11-8-16)24(30-26(32)29-15)17-9-12-21(22(13-17)33-2)34-14-18-5-3-4-6-20(18)28/h3-13,24H,14H2,1-2H3,(H2,29,30,32). The lowest BCUT2D eigenvalue weighted by Crippen LogP contribution is -2.45. The molecule has 0 aliphatic carbocycles. The Morgan fingerprint density at radius 3 is 2.44 bits per heavy atom. The van der Waals surface area contributed by atoms with Crippen molar-refractivity contribution in [2.75, 3.05) is 7.11 Å². The van der Waals surface area contributed by atoms with Gasteiger partial charge in [-0.1, -0.05) is 47.5 Å². The number of benzene rings is 3. The van der Waals surface area contributed by atoms with Crippen molar-refractivity contribution in [2.24, 2.45) is 0 Å². The third kappa shape index (κ3) is 5.03. The van der Waals surface area contributed by atoms with Crippen LogP contribution in [0.5, 0.6) is 11.5 Å². The smallest absolute Gasteiger partial charge is 0.319 e. The average Bonchev–Trinajstić information content (AvgIpc) is 2.83. The summed E-state index contributed by atoms with van der Waals surface area (Å²) in [7, 11) is 1.53. The maximum atomic E-state index is 13.4. The topological polar surface area (TPSA) is 76.7 Å². The zero-order chi connectivity index (χ0) is 24.2. The highest BCUT2D eigenvalue weighted by Gasteiger charge is 2.32. The lowest BCUT2D eigenvalue weighted by atomic mass is 9.89. The van der Waals surface area contributed by atoms with Crippen molar-refractivity contribution in [1.82, 2.24) is 10.6 Å². The van der Waals surface area contributed by atoms with Crippen LogP contribution < -0.4 is 20.1 Å². The van der Waals surface area contributed by atoms with Crippen LogP contribution in [0.1, 0.15) is 34.5 Å². The van der Waals surface area contributed by atoms with Gasteiger partial charge < -0.3 is 20.1 Å². The fraction of sp³-hybridized carbons (Fsp3) is 0.154. The second kappa shape index (κ2) is 10.2. The lowest BCUT2D eigenvalue weighted by Gasteiger charge is -2.29. The number of nitrogens with one attached hydrogen (secondary N) is 2. The molecule has 0 spiro atoms. The van der Waals surface area contributed by atoms with E-state index in [9.17, 15) is 9.59 Å². The van der Waals surface area contributed by atoms with Crippen LogP contribution in [0.4, 0.5) is 4.79 Å². The number of halogens is 2. The minimum absolute atomic E-state index is 0.218. The highest BCUT2D eigenvalue weighted by atomic mass is 35.5. The number of carbonyl (C=O) groups excluding carboxylic acids is 2. The molecule has 174 valence electrons. The molecule has 0 aromatic heterocycles. The first-order valence-corrected chi connectivity index (χ1v) is 11.3. The van der Waals surface area contributed by atoms with Gasteiger partial charge in [0.2, 0.25) is 0 Å². The molecule has 8 heteroatoms. The van der Waals surface area contributed by atoms with Gasteiger partial charge in [0.05, 0.1) is 13.2 Å². The van der Waals surface area contributed by atoms with Crippen LogP contribution in [0.2, 0.25) is 10.0 Å². The molecule has 1 unspecified atom stereocenters. The molecule has 1 atom stereocenters. The monoisotopic (exact) mass is 496 g/mol. The zero-order valence-corrected chi connectivity index (χ0v) is 20.0. The van der Waals surface area contributed by atoms with E-state index in [1.54, 1.807) is 55.5 Å². The maximum Gasteiger partial charge on any atom is 0.319 e. The number of hydrogen-bond donors (Lipinski definition) is 2. The van der Waals surface area contributed by atoms with Crippen LogP contribution in [0, 0.1) is 0 Å². The number of Topliss-reactive ketones (excluding diaryl/α,β-unsaturated/α-hetero) is 1. The molecular formula is C26H22Cl2N2O4. The van der Waals surface area contributed by atoms with E-state index in [1.165, 1.54) is 7.11 Å². The van der Waals surface area contributed by atoms with Crippen LogP contribution in [0.25, 0.3) is 0 Å². The molecule has 0 saturated heterocycles. The molecule has 34 heavy (non-hydrogen) atoms. The van der Waals surface area contributed by atoms with Crippen molar-refractivity contribution in [3.8, 4) is 11.5 Å². The van der Waals surface area contributed by atoms with E-state index in [2.05, 4.69) is 10.6 Å². The van der Waals surface area contributed by atoms with Crippen molar-refractivity contribution in [3.63, 3.8) is 0 Å². The summed E-state index contributed by atoms with van der Waals surface area (Å²) in [6, 6.07) is 18.3. The molecule has 3 aromatic carbocycles. The number of ether oxygens (including phenoxy) is 2. The van der Waals surface area contributed by atoms with Gasteiger partial charge in [0.1, 0.15) is 6.61 Å². The van der Waals surface area contributed by atoms with E-state index in [0.29, 0.717) is 43.9 Å². The van der Waals surface area contributed by atoms with Crippen molar-refractivity contribution < 1.29 is 19.1 Å². The van der Waals surface area contributed by atoms with E-state index < -0.39 is 12.1 Å². The van der Waals surface area contributed by atoms with E-state index in [0.717, 1.165) is 5.56 Å². The highest BCUT2D eigenvalue weighted by molar-refractivity contribution is 6.31. The number of amides is 2. The van der Waals surface area contributed by atoms with Gasteiger partial charge in [-0.15, -0.1) is 0 Å². The van der Waals surface area contributed by atoms with Gasteiger partial charge in [0, 0.05) is 32.4 Å². The van der Waals surface area contributed by atoms with Crippen molar-refractivity contribution in [3.05, 3.63) is 105 Å². The minimum Gasteiger partial charge on any atom is -0.493 e. The van der Waals surface area contributed by atoms with Gasteiger partial charge in [0.15, 0.2) is 17.3 Å². The second-order valence-electron chi connectivity index (χ2n) is 7.70. The summed E-state index contributed by atoms with van der Waals surface area (Å²) in [5.74, 6) is 0.760. The first-order chi connectivity index (χ1) is 16.4. The van der Waals surface area contributed by atoms with Gasteiger partial charge in [-0.25, -0.2) is 4.79 Å². The Hall–Kier alpha value is -3.48. The fourth-order valence-electron chi connectivity index (χ4n) is 3.76. The molecule has 0 saturated carbocycles. The molecule has 6 nitrogen and oxygen atoms in total. The Morgan fingerprint density at radius 1 is 1.00 bits per heavy atom. The summed E-state index contributed by atoms with van der Waals surface area (Å²) >= 11 is 12.2. The molecule has 0 fully saturated rings. The normalized spacial score (nSPS) is 15.4. The number of methoxy groups -OCH3 is 1. The number of carbonyl (C=O) groups is 2.